The highest BCUT2D eigenvalue weighted by Crippen LogP contribution is 2.39. The molecule has 0 aliphatic rings. The summed E-state index contributed by atoms with van der Waals surface area (Å²) in [5.74, 6) is 0.394. The number of rotatable bonds is 5. The molecule has 0 fully saturated rings. The SMILES string of the molecule is C=C/C=C(/C(=N)c1cc(C)cc2c1oc1ccccc12)C(C)(C)C(C)C. The number of allylic oxidation sites excluding steroid dienone is 3. The first-order valence-corrected chi connectivity index (χ1v) is 9.11. The van der Waals surface area contributed by atoms with E-state index in [9.17, 15) is 0 Å². The summed E-state index contributed by atoms with van der Waals surface area (Å²) in [6.07, 6.45) is 3.75. The van der Waals surface area contributed by atoms with E-state index in [1.54, 1.807) is 6.08 Å². The lowest BCUT2D eigenvalue weighted by molar-refractivity contribution is 0.321. The third-order valence-corrected chi connectivity index (χ3v) is 5.58. The van der Waals surface area contributed by atoms with Crippen LogP contribution in [0.3, 0.4) is 0 Å². The molecular formula is C24H27NO. The van der Waals surface area contributed by atoms with E-state index in [1.807, 2.05) is 24.3 Å². The van der Waals surface area contributed by atoms with Crippen LogP contribution in [0.5, 0.6) is 0 Å². The Labute approximate surface area is 155 Å². The molecule has 0 saturated carbocycles. The fourth-order valence-electron chi connectivity index (χ4n) is 3.35. The largest absolute Gasteiger partial charge is 0.455 e. The van der Waals surface area contributed by atoms with E-state index in [1.165, 1.54) is 0 Å². The number of benzene rings is 2. The lowest BCUT2D eigenvalue weighted by Crippen LogP contribution is -2.27. The van der Waals surface area contributed by atoms with Gasteiger partial charge in [0.05, 0.1) is 5.71 Å². The Bertz CT molecular complexity index is 1030. The van der Waals surface area contributed by atoms with Gasteiger partial charge in [-0.1, -0.05) is 64.6 Å². The molecule has 0 aliphatic heterocycles. The molecule has 0 bridgehead atoms. The quantitative estimate of drug-likeness (QED) is 0.390. The molecular weight excluding hydrogens is 318 g/mol. The third-order valence-electron chi connectivity index (χ3n) is 5.58. The summed E-state index contributed by atoms with van der Waals surface area (Å²) in [6.45, 7) is 14.7. The van der Waals surface area contributed by atoms with E-state index >= 15 is 0 Å². The Morgan fingerprint density at radius 2 is 1.85 bits per heavy atom. The number of nitrogens with one attached hydrogen (secondary N) is 1. The van der Waals surface area contributed by atoms with E-state index < -0.39 is 0 Å². The van der Waals surface area contributed by atoms with Crippen molar-refractivity contribution in [1.29, 1.82) is 5.41 Å². The molecule has 1 heterocycles. The van der Waals surface area contributed by atoms with Crippen LogP contribution in [0, 0.1) is 23.7 Å². The summed E-state index contributed by atoms with van der Waals surface area (Å²) in [5, 5.41) is 11.2. The molecule has 3 rings (SSSR count). The Balaban J connectivity index is 2.28. The molecule has 0 atom stereocenters. The second-order valence-electron chi connectivity index (χ2n) is 7.85. The second kappa shape index (κ2) is 6.60. The lowest BCUT2D eigenvalue weighted by Gasteiger charge is -2.33. The van der Waals surface area contributed by atoms with Gasteiger partial charge in [0.25, 0.3) is 0 Å². The fourth-order valence-corrected chi connectivity index (χ4v) is 3.35. The molecule has 0 radical (unpaired) electrons. The summed E-state index contributed by atoms with van der Waals surface area (Å²) in [7, 11) is 0. The number of hydrogen-bond donors (Lipinski definition) is 1. The minimum absolute atomic E-state index is 0.145. The Hall–Kier alpha value is -2.61. The van der Waals surface area contributed by atoms with Crippen LogP contribution in [-0.2, 0) is 0 Å². The molecule has 0 amide bonds. The number of hydrogen-bond acceptors (Lipinski definition) is 2. The van der Waals surface area contributed by atoms with E-state index in [4.69, 9.17) is 9.83 Å². The number of para-hydroxylation sites is 1. The van der Waals surface area contributed by atoms with Gasteiger partial charge in [-0.3, -0.25) is 5.41 Å². The summed E-state index contributed by atoms with van der Waals surface area (Å²) in [5.41, 5.74) is 4.97. The van der Waals surface area contributed by atoms with Crippen molar-refractivity contribution < 1.29 is 4.42 Å². The topological polar surface area (TPSA) is 37.0 Å². The van der Waals surface area contributed by atoms with Crippen molar-refractivity contribution in [3.8, 4) is 0 Å². The summed E-state index contributed by atoms with van der Waals surface area (Å²) in [4.78, 5) is 0. The van der Waals surface area contributed by atoms with Gasteiger partial charge in [0, 0.05) is 16.3 Å². The van der Waals surface area contributed by atoms with Crippen LogP contribution < -0.4 is 0 Å². The molecule has 2 aromatic carbocycles. The van der Waals surface area contributed by atoms with Crippen molar-refractivity contribution in [2.45, 2.75) is 34.6 Å². The molecule has 2 heteroatoms. The summed E-state index contributed by atoms with van der Waals surface area (Å²) in [6, 6.07) is 12.3. The van der Waals surface area contributed by atoms with Crippen LogP contribution in [0.1, 0.15) is 38.8 Å². The summed E-state index contributed by atoms with van der Waals surface area (Å²) >= 11 is 0. The maximum absolute atomic E-state index is 9.02. The zero-order valence-electron chi connectivity index (χ0n) is 16.3. The van der Waals surface area contributed by atoms with Crippen LogP contribution >= 0.6 is 0 Å². The van der Waals surface area contributed by atoms with Crippen molar-refractivity contribution in [1.82, 2.24) is 0 Å². The van der Waals surface area contributed by atoms with Gasteiger partial charge < -0.3 is 4.42 Å². The third kappa shape index (κ3) is 2.90. The number of fused-ring (bicyclic) bond motifs is 3. The monoisotopic (exact) mass is 345 g/mol. The molecule has 0 unspecified atom stereocenters. The van der Waals surface area contributed by atoms with Crippen molar-refractivity contribution in [2.75, 3.05) is 0 Å². The van der Waals surface area contributed by atoms with Gasteiger partial charge in [0.1, 0.15) is 11.2 Å². The molecule has 134 valence electrons. The van der Waals surface area contributed by atoms with Crippen LogP contribution in [0.4, 0.5) is 0 Å². The van der Waals surface area contributed by atoms with E-state index in [2.05, 4.69) is 59.4 Å². The Morgan fingerprint density at radius 1 is 1.15 bits per heavy atom. The fraction of sp³-hybridized carbons (Fsp3) is 0.292. The van der Waals surface area contributed by atoms with Crippen molar-refractivity contribution >= 4 is 27.7 Å². The normalized spacial score (nSPS) is 12.9. The maximum atomic E-state index is 9.02. The van der Waals surface area contributed by atoms with Gasteiger partial charge >= 0.3 is 0 Å². The molecule has 26 heavy (non-hydrogen) atoms. The van der Waals surface area contributed by atoms with Crippen LogP contribution in [0.2, 0.25) is 0 Å². The van der Waals surface area contributed by atoms with Crippen molar-refractivity contribution in [3.63, 3.8) is 0 Å². The van der Waals surface area contributed by atoms with Gasteiger partial charge in [0.2, 0.25) is 0 Å². The van der Waals surface area contributed by atoms with Gasteiger partial charge in [-0.2, -0.15) is 0 Å². The van der Waals surface area contributed by atoms with Gasteiger partial charge in [-0.15, -0.1) is 0 Å². The molecule has 1 N–H and O–H groups in total. The first-order valence-electron chi connectivity index (χ1n) is 9.11. The Morgan fingerprint density at radius 3 is 2.50 bits per heavy atom. The summed E-state index contributed by atoms with van der Waals surface area (Å²) < 4.78 is 6.17. The van der Waals surface area contributed by atoms with Gasteiger partial charge in [-0.05, 0) is 47.6 Å². The molecule has 3 aromatic rings. The molecule has 0 aliphatic carbocycles. The maximum Gasteiger partial charge on any atom is 0.144 e. The van der Waals surface area contributed by atoms with Gasteiger partial charge in [-0.25, -0.2) is 0 Å². The highest BCUT2D eigenvalue weighted by atomic mass is 16.3. The van der Waals surface area contributed by atoms with E-state index in [-0.39, 0.29) is 5.41 Å². The van der Waals surface area contributed by atoms with Crippen LogP contribution in [0.15, 0.2) is 65.1 Å². The van der Waals surface area contributed by atoms with E-state index in [0.29, 0.717) is 11.6 Å². The highest BCUT2D eigenvalue weighted by Gasteiger charge is 2.31. The first kappa shape index (κ1) is 18.2. The smallest absolute Gasteiger partial charge is 0.144 e. The van der Waals surface area contributed by atoms with Crippen LogP contribution in [0.25, 0.3) is 21.9 Å². The number of furan rings is 1. The Kier molecular flexibility index (Phi) is 4.62. The predicted molar refractivity (Wildman–Crippen MR) is 112 cm³/mol. The average molecular weight is 345 g/mol. The standard InChI is InChI=1S/C24H27NO/c1-7-10-20(24(5,6)15(2)3)22(25)19-14-16(4)13-18-17-11-8-9-12-21(17)26-23(18)19/h7-15,25H,1H2,2-6H3/b20-10-,25-22?. The van der Waals surface area contributed by atoms with Crippen molar-refractivity contribution in [2.24, 2.45) is 11.3 Å². The minimum Gasteiger partial charge on any atom is -0.455 e. The zero-order valence-corrected chi connectivity index (χ0v) is 16.3. The van der Waals surface area contributed by atoms with E-state index in [0.717, 1.165) is 38.6 Å². The average Bonchev–Trinajstić information content (AvgIpc) is 2.96. The molecule has 0 spiro atoms. The predicted octanol–water partition coefficient (Wildman–Crippen LogP) is 7.06. The number of aryl methyl sites for hydroxylation is 1. The van der Waals surface area contributed by atoms with Crippen LogP contribution in [-0.4, -0.2) is 5.71 Å². The highest BCUT2D eigenvalue weighted by molar-refractivity contribution is 6.20. The molecule has 1 aromatic heterocycles. The molecule has 0 saturated heterocycles. The zero-order chi connectivity index (χ0) is 19.1. The second-order valence-corrected chi connectivity index (χ2v) is 7.85. The lowest BCUT2D eigenvalue weighted by atomic mass is 9.71. The van der Waals surface area contributed by atoms with Gasteiger partial charge in [0.15, 0.2) is 0 Å². The minimum atomic E-state index is -0.145. The van der Waals surface area contributed by atoms with Crippen molar-refractivity contribution in [3.05, 3.63) is 71.8 Å². The molecule has 2 nitrogen and oxygen atoms in total. The first-order chi connectivity index (χ1) is 12.3.